The lowest BCUT2D eigenvalue weighted by atomic mass is 9.89. The van der Waals surface area contributed by atoms with Gasteiger partial charge in [0.05, 0.1) is 28.3 Å². The van der Waals surface area contributed by atoms with Crippen LogP contribution in [0.25, 0.3) is 33.8 Å². The molecule has 1 atom stereocenters. The summed E-state index contributed by atoms with van der Waals surface area (Å²) in [5.41, 5.74) is 16.9. The zero-order valence-corrected chi connectivity index (χ0v) is 34.1. The Hall–Kier alpha value is -6.59. The summed E-state index contributed by atoms with van der Waals surface area (Å²) >= 11 is 0. The molecule has 0 saturated heterocycles. The molecule has 0 N–H and O–H groups in total. The molecule has 2 heterocycles. The first-order chi connectivity index (χ1) is 28.4. The molecule has 2 aliphatic carbocycles. The van der Waals surface area contributed by atoms with E-state index >= 15 is 0 Å². The van der Waals surface area contributed by atoms with Gasteiger partial charge in [0.15, 0.2) is 0 Å². The molecule has 5 nitrogen and oxygen atoms in total. The summed E-state index contributed by atoms with van der Waals surface area (Å²) in [5.74, 6) is 0.281. The number of allylic oxidation sites excluding steroid dienone is 8. The van der Waals surface area contributed by atoms with Gasteiger partial charge < -0.3 is 9.47 Å². The van der Waals surface area contributed by atoms with Crippen molar-refractivity contribution in [1.29, 1.82) is 0 Å². The summed E-state index contributed by atoms with van der Waals surface area (Å²) in [6.45, 7) is 12.9. The summed E-state index contributed by atoms with van der Waals surface area (Å²) in [7, 11) is 0. The molecule has 8 rings (SSSR count). The Balaban J connectivity index is 1.04. The molecule has 0 spiro atoms. The molecule has 6 aromatic rings. The predicted octanol–water partition coefficient (Wildman–Crippen LogP) is 13.6. The van der Waals surface area contributed by atoms with E-state index in [-0.39, 0.29) is 5.92 Å². The molecule has 288 valence electrons. The normalized spacial score (nSPS) is 15.7. The maximum Gasteiger partial charge on any atom is 0.0923 e. The Morgan fingerprint density at radius 3 is 2.52 bits per heavy atom. The van der Waals surface area contributed by atoms with Gasteiger partial charge in [-0.15, -0.1) is 0 Å². The third kappa shape index (κ3) is 7.86. The van der Waals surface area contributed by atoms with Crippen LogP contribution in [0.2, 0.25) is 0 Å². The molecule has 0 aliphatic heterocycles. The van der Waals surface area contributed by atoms with Gasteiger partial charge in [-0.05, 0) is 130 Å². The van der Waals surface area contributed by atoms with E-state index in [4.69, 9.17) is 9.98 Å². The van der Waals surface area contributed by atoms with Crippen molar-refractivity contribution >= 4 is 40.8 Å². The summed E-state index contributed by atoms with van der Waals surface area (Å²) in [6.07, 6.45) is 21.7. The number of aromatic nitrogens is 2. The first kappa shape index (κ1) is 38.3. The van der Waals surface area contributed by atoms with Crippen molar-refractivity contribution in [1.82, 2.24) is 9.55 Å². The molecule has 0 amide bonds. The molecule has 2 aromatic heterocycles. The van der Waals surface area contributed by atoms with Crippen molar-refractivity contribution in [2.24, 2.45) is 9.98 Å². The van der Waals surface area contributed by atoms with Crippen LogP contribution in [0, 0.1) is 6.92 Å². The maximum atomic E-state index is 5.28. The van der Waals surface area contributed by atoms with Crippen LogP contribution in [0.4, 0.5) is 11.4 Å². The highest BCUT2D eigenvalue weighted by atomic mass is 15.1. The first-order valence-electron chi connectivity index (χ1n) is 20.5. The number of aryl methyl sites for hydroxylation is 2. The van der Waals surface area contributed by atoms with Gasteiger partial charge in [-0.25, -0.2) is 0 Å². The largest absolute Gasteiger partial charge is 0.336 e. The molecule has 58 heavy (non-hydrogen) atoms. The van der Waals surface area contributed by atoms with Crippen molar-refractivity contribution in [3.05, 3.63) is 197 Å². The topological polar surface area (TPSA) is 45.8 Å². The van der Waals surface area contributed by atoms with E-state index in [0.29, 0.717) is 0 Å². The highest BCUT2D eigenvalue weighted by Gasteiger charge is 2.20. The van der Waals surface area contributed by atoms with Crippen LogP contribution in [0.3, 0.4) is 0 Å². The predicted molar refractivity (Wildman–Crippen MR) is 247 cm³/mol. The minimum Gasteiger partial charge on any atom is -0.336 e. The second kappa shape index (κ2) is 17.3. The number of hydrogen-bond donors (Lipinski definition) is 0. The number of aliphatic imine (C=N–C) groups is 2. The lowest BCUT2D eigenvalue weighted by molar-refractivity contribution is 0.847. The summed E-state index contributed by atoms with van der Waals surface area (Å²) < 4.78 is 2.41. The van der Waals surface area contributed by atoms with E-state index < -0.39 is 0 Å². The third-order valence-corrected chi connectivity index (χ3v) is 11.4. The highest BCUT2D eigenvalue weighted by molar-refractivity contribution is 6.03. The zero-order valence-electron chi connectivity index (χ0n) is 34.1. The van der Waals surface area contributed by atoms with Gasteiger partial charge in [-0.2, -0.15) is 0 Å². The monoisotopic (exact) mass is 757 g/mol. The number of rotatable bonds is 12. The number of benzene rings is 4. The van der Waals surface area contributed by atoms with Crippen molar-refractivity contribution in [3.63, 3.8) is 0 Å². The van der Waals surface area contributed by atoms with Gasteiger partial charge in [0.2, 0.25) is 0 Å². The van der Waals surface area contributed by atoms with E-state index in [1.54, 1.807) is 0 Å². The highest BCUT2D eigenvalue weighted by Crippen LogP contribution is 2.38. The standard InChI is InChI=1S/C53H51N5/c1-6-7-22-50(38(3)54-5)57(36-40-16-9-8-10-17-40)45-31-29-43(30-32-45)42-27-25-41(26-28-42)37(2)56-53-39(4)55-34-33-47(53)44-18-15-19-46(35-44)58-51-23-13-11-20-48(51)49-21-12-14-24-52(49)58/h7-11,13-20,22-27,29-35,42H,5-6,12,21,28,36H2,1-4H3/b22-7-,50-38-,56-37?. The lowest BCUT2D eigenvalue weighted by Crippen LogP contribution is -2.22. The number of nitrogens with zero attached hydrogens (tertiary/aromatic N) is 5. The molecule has 0 radical (unpaired) electrons. The van der Waals surface area contributed by atoms with Crippen molar-refractivity contribution in [3.8, 4) is 16.8 Å². The van der Waals surface area contributed by atoms with Gasteiger partial charge >= 0.3 is 0 Å². The summed E-state index contributed by atoms with van der Waals surface area (Å²) in [6, 6.07) is 39.3. The van der Waals surface area contributed by atoms with Crippen LogP contribution in [0.15, 0.2) is 179 Å². The van der Waals surface area contributed by atoms with Gasteiger partial charge in [0.1, 0.15) is 0 Å². The fourth-order valence-electron chi connectivity index (χ4n) is 8.28. The van der Waals surface area contributed by atoms with Crippen LogP contribution >= 0.6 is 0 Å². The minimum absolute atomic E-state index is 0.281. The third-order valence-electron chi connectivity index (χ3n) is 11.4. The van der Waals surface area contributed by atoms with Gasteiger partial charge in [-0.1, -0.05) is 110 Å². The van der Waals surface area contributed by atoms with Crippen LogP contribution in [-0.4, -0.2) is 22.0 Å². The van der Waals surface area contributed by atoms with Crippen molar-refractivity contribution in [2.45, 2.75) is 65.8 Å². The smallest absolute Gasteiger partial charge is 0.0923 e. The van der Waals surface area contributed by atoms with Gasteiger partial charge in [0, 0.05) is 52.4 Å². The number of anilines is 1. The SMILES string of the molecule is C=N/C(C)=C(/C=C\CC)N(Cc1ccccc1)c1ccc(C2C=CC(C(C)=Nc3c(-c4cccc(-n5c6c(c7ccccc75)CCC=C6)c4)ccnc3C)=CC2)cc1. The number of pyridine rings is 1. The average Bonchev–Trinajstić information content (AvgIpc) is 3.61. The van der Waals surface area contributed by atoms with Crippen LogP contribution in [0.5, 0.6) is 0 Å². The fourth-order valence-corrected chi connectivity index (χ4v) is 8.28. The molecule has 0 fully saturated rings. The average molecular weight is 758 g/mol. The Morgan fingerprint density at radius 1 is 0.931 bits per heavy atom. The van der Waals surface area contributed by atoms with E-state index in [2.05, 4.69) is 194 Å². The Kier molecular flexibility index (Phi) is 11.4. The van der Waals surface area contributed by atoms with E-state index in [0.717, 1.165) is 88.8 Å². The Labute approximate surface area is 343 Å². The van der Waals surface area contributed by atoms with Crippen molar-refractivity contribution < 1.29 is 0 Å². The molecule has 4 aromatic carbocycles. The maximum absolute atomic E-state index is 5.28. The van der Waals surface area contributed by atoms with E-state index in [1.807, 2.05) is 13.1 Å². The van der Waals surface area contributed by atoms with Crippen LogP contribution in [0.1, 0.15) is 74.0 Å². The molecule has 5 heteroatoms. The van der Waals surface area contributed by atoms with Gasteiger partial charge in [0.25, 0.3) is 0 Å². The second-order valence-electron chi connectivity index (χ2n) is 15.2. The number of hydrogen-bond acceptors (Lipinski definition) is 4. The molecule has 2 aliphatic rings. The fraction of sp³-hybridized carbons (Fsp3) is 0.189. The Bertz CT molecular complexity index is 2650. The molecular formula is C53H51N5. The zero-order chi connectivity index (χ0) is 40.0. The molecule has 1 unspecified atom stereocenters. The van der Waals surface area contributed by atoms with Crippen molar-refractivity contribution in [2.75, 3.05) is 4.90 Å². The second-order valence-corrected chi connectivity index (χ2v) is 15.2. The first-order valence-corrected chi connectivity index (χ1v) is 20.5. The van der Waals surface area contributed by atoms with Gasteiger partial charge in [-0.3, -0.25) is 15.0 Å². The van der Waals surface area contributed by atoms with Crippen LogP contribution in [-0.2, 0) is 13.0 Å². The number of fused-ring (bicyclic) bond motifs is 3. The number of para-hydroxylation sites is 1. The molecule has 0 saturated carbocycles. The van der Waals surface area contributed by atoms with Crippen LogP contribution < -0.4 is 4.90 Å². The van der Waals surface area contributed by atoms with E-state index in [9.17, 15) is 0 Å². The Morgan fingerprint density at radius 2 is 1.74 bits per heavy atom. The quantitative estimate of drug-likeness (QED) is 0.0922. The molecule has 0 bridgehead atoms. The summed E-state index contributed by atoms with van der Waals surface area (Å²) in [5, 5.41) is 1.34. The minimum atomic E-state index is 0.281. The molecular weight excluding hydrogens is 707 g/mol. The lowest BCUT2D eigenvalue weighted by Gasteiger charge is -2.28. The van der Waals surface area contributed by atoms with E-state index in [1.165, 1.54) is 33.3 Å². The summed E-state index contributed by atoms with van der Waals surface area (Å²) in [4.78, 5) is 16.6.